The molecule has 138 valence electrons. The van der Waals surface area contributed by atoms with Crippen molar-refractivity contribution >= 4 is 11.7 Å². The third kappa shape index (κ3) is 3.96. The Bertz CT molecular complexity index is 613. The molecule has 6 nitrogen and oxygen atoms in total. The first kappa shape index (κ1) is 18.1. The molecule has 1 amide bonds. The van der Waals surface area contributed by atoms with Gasteiger partial charge in [-0.25, -0.2) is 4.98 Å². The van der Waals surface area contributed by atoms with Crippen LogP contribution in [0.3, 0.4) is 0 Å². The average molecular weight is 346 g/mol. The van der Waals surface area contributed by atoms with Crippen molar-refractivity contribution in [3.8, 4) is 0 Å². The van der Waals surface area contributed by atoms with E-state index in [0.717, 1.165) is 57.0 Å². The fraction of sp³-hybridized carbons (Fsp3) is 0.684. The molecule has 0 spiro atoms. The van der Waals surface area contributed by atoms with E-state index in [1.165, 1.54) is 5.56 Å². The highest BCUT2D eigenvalue weighted by molar-refractivity contribution is 5.73. The summed E-state index contributed by atoms with van der Waals surface area (Å²) in [7, 11) is 2.03. The lowest BCUT2D eigenvalue weighted by Crippen LogP contribution is -2.49. The van der Waals surface area contributed by atoms with Crippen molar-refractivity contribution in [2.75, 3.05) is 38.2 Å². The summed E-state index contributed by atoms with van der Waals surface area (Å²) in [5.41, 5.74) is 2.23. The highest BCUT2D eigenvalue weighted by atomic mass is 16.3. The number of nitrogens with zero attached hydrogens (tertiary/aromatic N) is 4. The van der Waals surface area contributed by atoms with Crippen LogP contribution in [0.4, 0.5) is 5.82 Å². The van der Waals surface area contributed by atoms with Crippen LogP contribution in [0.5, 0.6) is 0 Å². The Kier molecular flexibility index (Phi) is 5.59. The first-order valence-corrected chi connectivity index (χ1v) is 9.29. The highest BCUT2D eigenvalue weighted by Gasteiger charge is 2.30. The third-order valence-corrected chi connectivity index (χ3v) is 5.74. The number of aliphatic hydroxyl groups is 1. The molecule has 3 rings (SSSR count). The predicted molar refractivity (Wildman–Crippen MR) is 98.6 cm³/mol. The number of aryl methyl sites for hydroxylation is 1. The van der Waals surface area contributed by atoms with Gasteiger partial charge in [0.25, 0.3) is 0 Å². The standard InChI is InChI=1S/C19H30N4O2/c1-14-4-5-16-12-23(17-6-9-22(10-7-17)15(2)25)11-8-18(13-24)21(3)19(16)20-14/h4-5,17-18,24H,6-13H2,1-3H3/t18-/m0/s1. The molecular weight excluding hydrogens is 316 g/mol. The Balaban J connectivity index is 1.80. The zero-order valence-electron chi connectivity index (χ0n) is 15.6. The van der Waals surface area contributed by atoms with Gasteiger partial charge in [-0.15, -0.1) is 0 Å². The normalized spacial score (nSPS) is 23.1. The molecule has 1 aromatic heterocycles. The zero-order chi connectivity index (χ0) is 18.0. The molecular formula is C19H30N4O2. The Hall–Kier alpha value is -1.66. The van der Waals surface area contributed by atoms with Crippen molar-refractivity contribution in [1.82, 2.24) is 14.8 Å². The van der Waals surface area contributed by atoms with Gasteiger partial charge in [-0.2, -0.15) is 0 Å². The molecule has 0 bridgehead atoms. The number of aliphatic hydroxyl groups excluding tert-OH is 1. The van der Waals surface area contributed by atoms with Gasteiger partial charge in [-0.05, 0) is 32.3 Å². The lowest BCUT2D eigenvalue weighted by Gasteiger charge is -2.41. The van der Waals surface area contributed by atoms with E-state index in [0.29, 0.717) is 6.04 Å². The molecule has 2 aliphatic rings. The van der Waals surface area contributed by atoms with E-state index in [1.807, 2.05) is 18.9 Å². The number of hydrogen-bond acceptors (Lipinski definition) is 5. The number of pyridine rings is 1. The van der Waals surface area contributed by atoms with E-state index in [1.54, 1.807) is 6.92 Å². The van der Waals surface area contributed by atoms with Crippen LogP contribution in [0.15, 0.2) is 12.1 Å². The number of carbonyl (C=O) groups excluding carboxylic acids is 1. The quantitative estimate of drug-likeness (QED) is 0.877. The molecule has 0 radical (unpaired) electrons. The van der Waals surface area contributed by atoms with Crippen LogP contribution in [0.25, 0.3) is 0 Å². The number of rotatable bonds is 2. The minimum absolute atomic E-state index is 0.0909. The van der Waals surface area contributed by atoms with E-state index >= 15 is 0 Å². The van der Waals surface area contributed by atoms with Crippen molar-refractivity contribution in [3.05, 3.63) is 23.4 Å². The van der Waals surface area contributed by atoms with Crippen LogP contribution in [-0.2, 0) is 11.3 Å². The maximum atomic E-state index is 11.6. The van der Waals surface area contributed by atoms with Crippen molar-refractivity contribution in [3.63, 3.8) is 0 Å². The summed E-state index contributed by atoms with van der Waals surface area (Å²) in [5.74, 6) is 1.17. The molecule has 1 saturated heterocycles. The van der Waals surface area contributed by atoms with E-state index < -0.39 is 0 Å². The molecule has 6 heteroatoms. The number of anilines is 1. The Morgan fingerprint density at radius 1 is 1.24 bits per heavy atom. The van der Waals surface area contributed by atoms with E-state index in [4.69, 9.17) is 4.98 Å². The number of aromatic nitrogens is 1. The number of amides is 1. The Morgan fingerprint density at radius 3 is 2.60 bits per heavy atom. The van der Waals surface area contributed by atoms with Crippen LogP contribution in [0, 0.1) is 6.92 Å². The second-order valence-corrected chi connectivity index (χ2v) is 7.38. The molecule has 1 atom stereocenters. The second-order valence-electron chi connectivity index (χ2n) is 7.38. The van der Waals surface area contributed by atoms with E-state index in [2.05, 4.69) is 21.9 Å². The summed E-state index contributed by atoms with van der Waals surface area (Å²) in [5, 5.41) is 9.83. The SMILES string of the molecule is CC(=O)N1CCC(N2CC[C@@H](CO)N(C)c3nc(C)ccc3C2)CC1. The van der Waals surface area contributed by atoms with Gasteiger partial charge in [-0.3, -0.25) is 9.69 Å². The summed E-state index contributed by atoms with van der Waals surface area (Å²) in [6.07, 6.45) is 2.97. The molecule has 1 fully saturated rings. The van der Waals surface area contributed by atoms with Crippen LogP contribution in [0.1, 0.15) is 37.4 Å². The molecule has 0 aromatic carbocycles. The molecule has 0 saturated carbocycles. The van der Waals surface area contributed by atoms with Gasteiger partial charge < -0.3 is 14.9 Å². The first-order chi connectivity index (χ1) is 12.0. The summed E-state index contributed by atoms with van der Waals surface area (Å²) in [4.78, 5) is 22.9. The summed E-state index contributed by atoms with van der Waals surface area (Å²) in [6, 6.07) is 4.82. The monoisotopic (exact) mass is 346 g/mol. The number of piperidine rings is 1. The lowest BCUT2D eigenvalue weighted by molar-refractivity contribution is -0.130. The molecule has 3 heterocycles. The van der Waals surface area contributed by atoms with Gasteiger partial charge in [0.2, 0.25) is 5.91 Å². The van der Waals surface area contributed by atoms with Gasteiger partial charge in [0, 0.05) is 57.4 Å². The fourth-order valence-electron chi connectivity index (χ4n) is 4.05. The number of likely N-dealkylation sites (N-methyl/N-ethyl adjacent to an activating group) is 1. The molecule has 1 N–H and O–H groups in total. The summed E-state index contributed by atoms with van der Waals surface area (Å²) in [6.45, 7) is 7.35. The minimum Gasteiger partial charge on any atom is -0.394 e. The Labute approximate surface area is 150 Å². The number of fused-ring (bicyclic) bond motifs is 1. The number of carbonyl (C=O) groups is 1. The van der Waals surface area contributed by atoms with Gasteiger partial charge in [0.1, 0.15) is 5.82 Å². The van der Waals surface area contributed by atoms with Crippen LogP contribution >= 0.6 is 0 Å². The first-order valence-electron chi connectivity index (χ1n) is 9.29. The average Bonchev–Trinajstić information content (AvgIpc) is 2.61. The summed E-state index contributed by atoms with van der Waals surface area (Å²) < 4.78 is 0. The minimum atomic E-state index is 0.0909. The predicted octanol–water partition coefficient (Wildman–Crippen LogP) is 1.40. The second kappa shape index (κ2) is 7.70. The van der Waals surface area contributed by atoms with Gasteiger partial charge in [0.15, 0.2) is 0 Å². The zero-order valence-corrected chi connectivity index (χ0v) is 15.6. The molecule has 0 unspecified atom stereocenters. The Morgan fingerprint density at radius 2 is 1.96 bits per heavy atom. The topological polar surface area (TPSA) is 59.9 Å². The van der Waals surface area contributed by atoms with Gasteiger partial charge >= 0.3 is 0 Å². The maximum absolute atomic E-state index is 11.6. The van der Waals surface area contributed by atoms with Crippen LogP contribution < -0.4 is 4.90 Å². The van der Waals surface area contributed by atoms with Crippen molar-refractivity contribution in [2.45, 2.75) is 51.7 Å². The molecule has 1 aromatic rings. The van der Waals surface area contributed by atoms with Gasteiger partial charge in [0.05, 0.1) is 12.6 Å². The largest absolute Gasteiger partial charge is 0.394 e. The molecule has 25 heavy (non-hydrogen) atoms. The van der Waals surface area contributed by atoms with E-state index in [-0.39, 0.29) is 18.6 Å². The smallest absolute Gasteiger partial charge is 0.219 e. The number of hydrogen-bond donors (Lipinski definition) is 1. The van der Waals surface area contributed by atoms with Crippen LogP contribution in [-0.4, -0.2) is 71.2 Å². The third-order valence-electron chi connectivity index (χ3n) is 5.74. The molecule has 2 aliphatic heterocycles. The maximum Gasteiger partial charge on any atom is 0.219 e. The number of likely N-dealkylation sites (tertiary alicyclic amines) is 1. The van der Waals surface area contributed by atoms with Crippen LogP contribution in [0.2, 0.25) is 0 Å². The molecule has 0 aliphatic carbocycles. The highest BCUT2D eigenvalue weighted by Crippen LogP contribution is 2.28. The summed E-state index contributed by atoms with van der Waals surface area (Å²) >= 11 is 0. The van der Waals surface area contributed by atoms with Crippen molar-refractivity contribution in [1.29, 1.82) is 0 Å². The fourth-order valence-corrected chi connectivity index (χ4v) is 4.05. The lowest BCUT2D eigenvalue weighted by atomic mass is 9.99. The van der Waals surface area contributed by atoms with Crippen molar-refractivity contribution in [2.24, 2.45) is 0 Å². The van der Waals surface area contributed by atoms with E-state index in [9.17, 15) is 9.90 Å². The van der Waals surface area contributed by atoms with Gasteiger partial charge in [-0.1, -0.05) is 6.07 Å². The van der Waals surface area contributed by atoms with Crippen molar-refractivity contribution < 1.29 is 9.90 Å².